The molecule has 0 saturated carbocycles. The van der Waals surface area contributed by atoms with Crippen molar-refractivity contribution in [2.75, 3.05) is 4.90 Å². The first-order valence-electron chi connectivity index (χ1n) is 7.76. The van der Waals surface area contributed by atoms with Crippen LogP contribution in [0, 0.1) is 0 Å². The minimum Gasteiger partial charge on any atom is -0.294 e. The molecule has 1 heterocycles. The van der Waals surface area contributed by atoms with E-state index in [4.69, 9.17) is 0 Å². The summed E-state index contributed by atoms with van der Waals surface area (Å²) in [5, 5.41) is 0. The molecular formula is C16H27N3O. The zero-order chi connectivity index (χ0) is 15.0. The summed E-state index contributed by atoms with van der Waals surface area (Å²) in [4.78, 5) is 22.9. The van der Waals surface area contributed by atoms with Gasteiger partial charge in [-0.25, -0.2) is 9.97 Å². The summed E-state index contributed by atoms with van der Waals surface area (Å²) in [5.74, 6) is 0.978. The third-order valence-corrected chi connectivity index (χ3v) is 3.39. The number of hydrogen-bond donors (Lipinski definition) is 0. The van der Waals surface area contributed by atoms with E-state index < -0.39 is 0 Å². The number of nitrogens with zero attached hydrogens (tertiary/aromatic N) is 3. The van der Waals surface area contributed by atoms with Crippen molar-refractivity contribution in [3.8, 4) is 0 Å². The van der Waals surface area contributed by atoms with Crippen molar-refractivity contribution < 1.29 is 4.79 Å². The Bertz CT molecular complexity index is 420. The number of anilines is 1. The number of amides is 1. The summed E-state index contributed by atoms with van der Waals surface area (Å²) < 4.78 is 0. The average molecular weight is 277 g/mol. The van der Waals surface area contributed by atoms with E-state index >= 15 is 0 Å². The largest absolute Gasteiger partial charge is 0.294 e. The van der Waals surface area contributed by atoms with Gasteiger partial charge in [-0.05, 0) is 26.2 Å². The molecule has 4 nitrogen and oxygen atoms in total. The van der Waals surface area contributed by atoms with Crippen LogP contribution in [0.15, 0.2) is 12.5 Å². The minimum atomic E-state index is 0.171. The second kappa shape index (κ2) is 8.67. The van der Waals surface area contributed by atoms with Gasteiger partial charge in [0.2, 0.25) is 5.91 Å². The molecule has 0 aromatic carbocycles. The van der Waals surface area contributed by atoms with Crippen LogP contribution in [-0.4, -0.2) is 21.9 Å². The monoisotopic (exact) mass is 277 g/mol. The maximum Gasteiger partial charge on any atom is 0.228 e. The molecule has 0 fully saturated rings. The van der Waals surface area contributed by atoms with Gasteiger partial charge in [0, 0.05) is 24.2 Å². The normalized spacial score (nSPS) is 12.2. The Morgan fingerprint density at radius 1 is 1.25 bits per heavy atom. The number of rotatable bonds is 8. The first-order chi connectivity index (χ1) is 9.65. The molecule has 1 aromatic rings. The zero-order valence-corrected chi connectivity index (χ0v) is 13.2. The molecule has 1 aromatic heterocycles. The third-order valence-electron chi connectivity index (χ3n) is 3.39. The van der Waals surface area contributed by atoms with Crippen LogP contribution in [0.25, 0.3) is 0 Å². The summed E-state index contributed by atoms with van der Waals surface area (Å²) in [7, 11) is 0. The molecule has 0 aliphatic rings. The lowest BCUT2D eigenvalue weighted by Gasteiger charge is -2.29. The van der Waals surface area contributed by atoms with Crippen LogP contribution in [0.1, 0.15) is 65.4 Å². The molecule has 112 valence electrons. The summed E-state index contributed by atoms with van der Waals surface area (Å²) in [6, 6.07) is 0.185. The fourth-order valence-corrected chi connectivity index (χ4v) is 2.47. The molecule has 0 bridgehead atoms. The van der Waals surface area contributed by atoms with Crippen LogP contribution in [0.4, 0.5) is 5.82 Å². The molecule has 1 unspecified atom stereocenters. The Morgan fingerprint density at radius 2 is 2.00 bits per heavy atom. The van der Waals surface area contributed by atoms with Gasteiger partial charge in [0.25, 0.3) is 0 Å². The van der Waals surface area contributed by atoms with Gasteiger partial charge in [0.05, 0.1) is 0 Å². The van der Waals surface area contributed by atoms with Crippen molar-refractivity contribution in [2.45, 2.75) is 72.3 Å². The molecule has 0 saturated heterocycles. The molecule has 20 heavy (non-hydrogen) atoms. The summed E-state index contributed by atoms with van der Waals surface area (Å²) in [6.07, 6.45) is 8.81. The van der Waals surface area contributed by atoms with E-state index in [2.05, 4.69) is 30.7 Å². The fraction of sp³-hybridized carbons (Fsp3) is 0.688. The molecular weight excluding hydrogens is 250 g/mol. The Labute approximate surface area is 122 Å². The van der Waals surface area contributed by atoms with E-state index in [1.807, 2.05) is 18.0 Å². The van der Waals surface area contributed by atoms with Crippen molar-refractivity contribution in [1.29, 1.82) is 0 Å². The molecule has 1 amide bonds. The number of aromatic nitrogens is 2. The van der Waals surface area contributed by atoms with Crippen LogP contribution < -0.4 is 4.90 Å². The number of aryl methyl sites for hydroxylation is 1. The van der Waals surface area contributed by atoms with E-state index in [9.17, 15) is 4.79 Å². The van der Waals surface area contributed by atoms with Gasteiger partial charge >= 0.3 is 0 Å². The smallest absolute Gasteiger partial charge is 0.228 e. The van der Waals surface area contributed by atoms with Gasteiger partial charge in [0.15, 0.2) is 0 Å². The van der Waals surface area contributed by atoms with Gasteiger partial charge in [0.1, 0.15) is 12.1 Å². The highest BCUT2D eigenvalue weighted by Gasteiger charge is 2.24. The van der Waals surface area contributed by atoms with E-state index in [0.717, 1.165) is 43.5 Å². The fourth-order valence-electron chi connectivity index (χ4n) is 2.47. The summed E-state index contributed by atoms with van der Waals surface area (Å²) in [6.45, 7) is 8.42. The lowest BCUT2D eigenvalue weighted by molar-refractivity contribution is -0.119. The van der Waals surface area contributed by atoms with E-state index in [-0.39, 0.29) is 11.9 Å². The third kappa shape index (κ3) is 4.29. The zero-order valence-electron chi connectivity index (χ0n) is 13.2. The second-order valence-electron chi connectivity index (χ2n) is 5.27. The maximum atomic E-state index is 12.5. The van der Waals surface area contributed by atoms with Crippen LogP contribution in [0.5, 0.6) is 0 Å². The van der Waals surface area contributed by atoms with Crippen molar-refractivity contribution in [2.24, 2.45) is 0 Å². The highest BCUT2D eigenvalue weighted by atomic mass is 16.2. The van der Waals surface area contributed by atoms with Crippen LogP contribution in [0.3, 0.4) is 0 Å². The molecule has 0 radical (unpaired) electrons. The number of carbonyl (C=O) groups is 1. The highest BCUT2D eigenvalue weighted by molar-refractivity contribution is 5.93. The molecule has 0 aliphatic carbocycles. The first kappa shape index (κ1) is 16.6. The van der Waals surface area contributed by atoms with Crippen molar-refractivity contribution in [3.63, 3.8) is 0 Å². The van der Waals surface area contributed by atoms with Crippen LogP contribution in [-0.2, 0) is 11.2 Å². The van der Waals surface area contributed by atoms with E-state index in [0.29, 0.717) is 6.42 Å². The Morgan fingerprint density at radius 3 is 2.60 bits per heavy atom. The van der Waals surface area contributed by atoms with Crippen molar-refractivity contribution >= 4 is 11.7 Å². The van der Waals surface area contributed by atoms with Crippen molar-refractivity contribution in [3.05, 3.63) is 18.1 Å². The van der Waals surface area contributed by atoms with E-state index in [1.165, 1.54) is 0 Å². The Balaban J connectivity index is 3.12. The van der Waals surface area contributed by atoms with Gasteiger partial charge in [-0.15, -0.1) is 0 Å². The molecule has 0 aliphatic heterocycles. The standard InChI is InChI=1S/C16H27N3O/c1-5-8-13(4)19(15(20)10-7-3)16-14(9-6-2)11-17-12-18-16/h11-13H,5-10H2,1-4H3. The van der Waals surface area contributed by atoms with Gasteiger partial charge in [-0.1, -0.05) is 33.6 Å². The van der Waals surface area contributed by atoms with Gasteiger partial charge in [-0.3, -0.25) is 9.69 Å². The molecule has 1 rings (SSSR count). The molecule has 0 N–H and O–H groups in total. The quantitative estimate of drug-likeness (QED) is 0.727. The van der Waals surface area contributed by atoms with Crippen LogP contribution >= 0.6 is 0 Å². The SMILES string of the molecule is CCCC(=O)N(c1ncncc1CCC)C(C)CCC. The Kier molecular flexibility index (Phi) is 7.20. The Hall–Kier alpha value is -1.45. The number of hydrogen-bond acceptors (Lipinski definition) is 3. The lowest BCUT2D eigenvalue weighted by atomic mass is 10.1. The minimum absolute atomic E-state index is 0.171. The topological polar surface area (TPSA) is 46.1 Å². The van der Waals surface area contributed by atoms with Crippen LogP contribution in [0.2, 0.25) is 0 Å². The lowest BCUT2D eigenvalue weighted by Crippen LogP contribution is -2.40. The number of carbonyl (C=O) groups excluding carboxylic acids is 1. The highest BCUT2D eigenvalue weighted by Crippen LogP contribution is 2.23. The summed E-state index contributed by atoms with van der Waals surface area (Å²) in [5.41, 5.74) is 1.07. The molecule has 1 atom stereocenters. The van der Waals surface area contributed by atoms with Gasteiger partial charge < -0.3 is 0 Å². The van der Waals surface area contributed by atoms with Crippen molar-refractivity contribution in [1.82, 2.24) is 9.97 Å². The first-order valence-corrected chi connectivity index (χ1v) is 7.76. The maximum absolute atomic E-state index is 12.5. The molecule has 4 heteroatoms. The predicted octanol–water partition coefficient (Wildman–Crippen LogP) is 3.75. The van der Waals surface area contributed by atoms with E-state index in [1.54, 1.807) is 6.33 Å². The summed E-state index contributed by atoms with van der Waals surface area (Å²) >= 11 is 0. The molecule has 0 spiro atoms. The predicted molar refractivity (Wildman–Crippen MR) is 82.8 cm³/mol. The average Bonchev–Trinajstić information content (AvgIpc) is 2.42. The van der Waals surface area contributed by atoms with Gasteiger partial charge in [-0.2, -0.15) is 0 Å². The second-order valence-corrected chi connectivity index (χ2v) is 5.27.